The highest BCUT2D eigenvalue weighted by Crippen LogP contribution is 2.25. The summed E-state index contributed by atoms with van der Waals surface area (Å²) >= 11 is 8.86. The highest BCUT2D eigenvalue weighted by Gasteiger charge is 2.08. The molecule has 0 radical (unpaired) electrons. The molecule has 9 heteroatoms. The van der Waals surface area contributed by atoms with Gasteiger partial charge in [0.15, 0.2) is 11.7 Å². The first kappa shape index (κ1) is 13.4. The highest BCUT2D eigenvalue weighted by molar-refractivity contribution is 9.11. The van der Waals surface area contributed by atoms with Crippen LogP contribution in [0.4, 0.5) is 0 Å². The SMILES string of the molecule is Brc1ccc(/C2=N/S/N=C(/c3cccs3)N=S=N2)s1. The Labute approximate surface area is 134 Å². The van der Waals surface area contributed by atoms with E-state index in [1.807, 2.05) is 29.6 Å². The highest BCUT2D eigenvalue weighted by atomic mass is 79.9. The van der Waals surface area contributed by atoms with Crippen molar-refractivity contribution in [1.82, 2.24) is 0 Å². The number of rotatable bonds is 2. The van der Waals surface area contributed by atoms with Crippen LogP contribution in [0.3, 0.4) is 0 Å². The molecule has 4 nitrogen and oxygen atoms in total. The molecule has 3 heterocycles. The Morgan fingerprint density at radius 3 is 2.37 bits per heavy atom. The Hall–Kier alpha value is -0.610. The maximum Gasteiger partial charge on any atom is 0.193 e. The van der Waals surface area contributed by atoms with E-state index in [-0.39, 0.29) is 0 Å². The molecular weight excluding hydrogens is 384 g/mol. The van der Waals surface area contributed by atoms with Gasteiger partial charge in [0.05, 0.1) is 24.9 Å². The molecule has 0 fully saturated rings. The number of amidine groups is 2. The van der Waals surface area contributed by atoms with Gasteiger partial charge in [0.1, 0.15) is 12.1 Å². The van der Waals surface area contributed by atoms with Crippen molar-refractivity contribution in [3.63, 3.8) is 0 Å². The lowest BCUT2D eigenvalue weighted by atomic mass is 10.4. The lowest BCUT2D eigenvalue weighted by Gasteiger charge is -1.97. The largest absolute Gasteiger partial charge is 0.193 e. The van der Waals surface area contributed by atoms with E-state index >= 15 is 0 Å². The van der Waals surface area contributed by atoms with Crippen LogP contribution in [0.15, 0.2) is 51.0 Å². The summed E-state index contributed by atoms with van der Waals surface area (Å²) in [5, 5.41) is 2.00. The Bertz CT molecular complexity index is 710. The van der Waals surface area contributed by atoms with Crippen LogP contribution in [0.5, 0.6) is 0 Å². The van der Waals surface area contributed by atoms with Crippen molar-refractivity contribution in [2.45, 2.75) is 0 Å². The third-order valence-electron chi connectivity index (χ3n) is 2.04. The zero-order valence-electron chi connectivity index (χ0n) is 9.19. The summed E-state index contributed by atoms with van der Waals surface area (Å²) in [6.07, 6.45) is 0. The van der Waals surface area contributed by atoms with E-state index in [2.05, 4.69) is 33.5 Å². The summed E-state index contributed by atoms with van der Waals surface area (Å²) in [5.74, 6) is 1.33. The Morgan fingerprint density at radius 1 is 0.947 bits per heavy atom. The molecule has 19 heavy (non-hydrogen) atoms. The van der Waals surface area contributed by atoms with Gasteiger partial charge in [-0.05, 0) is 39.5 Å². The monoisotopic (exact) mass is 388 g/mol. The van der Waals surface area contributed by atoms with Gasteiger partial charge in [0.2, 0.25) is 0 Å². The van der Waals surface area contributed by atoms with Gasteiger partial charge in [-0.1, -0.05) is 6.07 Å². The van der Waals surface area contributed by atoms with Crippen LogP contribution in [0.25, 0.3) is 0 Å². The van der Waals surface area contributed by atoms with Crippen molar-refractivity contribution in [1.29, 1.82) is 0 Å². The van der Waals surface area contributed by atoms with Gasteiger partial charge >= 0.3 is 0 Å². The second-order valence-corrected chi connectivity index (χ2v) is 7.72. The van der Waals surface area contributed by atoms with Crippen LogP contribution in [-0.4, -0.2) is 11.7 Å². The molecule has 96 valence electrons. The van der Waals surface area contributed by atoms with Gasteiger partial charge in [-0.15, -0.1) is 22.7 Å². The van der Waals surface area contributed by atoms with Crippen molar-refractivity contribution < 1.29 is 0 Å². The summed E-state index contributed by atoms with van der Waals surface area (Å²) in [6, 6.07) is 7.91. The third kappa shape index (κ3) is 3.29. The molecule has 0 aromatic carbocycles. The van der Waals surface area contributed by atoms with Crippen LogP contribution in [-0.2, 0) is 11.4 Å². The number of hydrogen-bond donors (Lipinski definition) is 0. The van der Waals surface area contributed by atoms with Crippen LogP contribution in [0.1, 0.15) is 9.75 Å². The molecule has 2 aromatic rings. The number of halogens is 1. The zero-order chi connectivity index (χ0) is 13.1. The Morgan fingerprint density at radius 2 is 1.74 bits per heavy atom. The van der Waals surface area contributed by atoms with Crippen LogP contribution < -0.4 is 0 Å². The Kier molecular flexibility index (Phi) is 4.38. The zero-order valence-corrected chi connectivity index (χ0v) is 14.0. The van der Waals surface area contributed by atoms with Crippen LogP contribution in [0, 0.1) is 0 Å². The van der Waals surface area contributed by atoms with Crippen molar-refractivity contribution in [3.05, 3.63) is 43.2 Å². The Balaban J connectivity index is 1.89. The summed E-state index contributed by atoms with van der Waals surface area (Å²) in [4.78, 5) is 2.02. The lowest BCUT2D eigenvalue weighted by molar-refractivity contribution is 1.61. The summed E-state index contributed by atoms with van der Waals surface area (Å²) < 4.78 is 18.3. The maximum atomic E-state index is 4.32. The van der Waals surface area contributed by atoms with Crippen molar-refractivity contribution in [2.75, 3.05) is 0 Å². The van der Waals surface area contributed by atoms with E-state index in [9.17, 15) is 0 Å². The minimum atomic E-state index is 0.656. The summed E-state index contributed by atoms with van der Waals surface area (Å²) in [7, 11) is 0. The van der Waals surface area contributed by atoms with E-state index in [4.69, 9.17) is 0 Å². The van der Waals surface area contributed by atoms with Gasteiger partial charge in [0, 0.05) is 0 Å². The molecule has 0 saturated heterocycles. The number of hydrogen-bond acceptors (Lipinski definition) is 7. The first-order valence-electron chi connectivity index (χ1n) is 5.03. The molecule has 0 saturated carbocycles. The van der Waals surface area contributed by atoms with Gasteiger partial charge in [-0.2, -0.15) is 17.5 Å². The fourth-order valence-corrected chi connectivity index (χ4v) is 4.51. The first-order valence-corrected chi connectivity index (χ1v) is 8.98. The molecule has 0 aliphatic carbocycles. The molecule has 3 rings (SSSR count). The van der Waals surface area contributed by atoms with Crippen molar-refractivity contribution in [3.8, 4) is 0 Å². The molecule has 0 atom stereocenters. The van der Waals surface area contributed by atoms with Crippen molar-refractivity contribution >= 4 is 73.8 Å². The van der Waals surface area contributed by atoms with Gasteiger partial charge in [-0.3, -0.25) is 0 Å². The van der Waals surface area contributed by atoms with Crippen LogP contribution in [0.2, 0.25) is 0 Å². The standard InChI is InChI=1S/C10H5BrN4S4/c11-8-4-3-7(17-8)10-14-18-12-9(13-19-15-10)6-2-1-5-16-6/h1-5H/b12-9-,14-10-. The van der Waals surface area contributed by atoms with Crippen molar-refractivity contribution in [2.24, 2.45) is 17.5 Å². The lowest BCUT2D eigenvalue weighted by Crippen LogP contribution is -1.95. The number of thiophene rings is 2. The third-order valence-corrected chi connectivity index (χ3v) is 5.55. The maximum absolute atomic E-state index is 4.32. The van der Waals surface area contributed by atoms with E-state index in [0.717, 1.165) is 37.0 Å². The molecule has 2 aromatic heterocycles. The minimum absolute atomic E-state index is 0.656. The smallest absolute Gasteiger partial charge is 0.170 e. The van der Waals surface area contributed by atoms with Crippen LogP contribution >= 0.6 is 50.7 Å². The minimum Gasteiger partial charge on any atom is -0.170 e. The van der Waals surface area contributed by atoms with E-state index in [1.54, 1.807) is 22.7 Å². The molecule has 0 N–H and O–H groups in total. The molecule has 1 aliphatic rings. The number of nitrogens with zero attached hydrogens (tertiary/aromatic N) is 4. The second kappa shape index (κ2) is 6.23. The second-order valence-electron chi connectivity index (χ2n) is 3.26. The average molecular weight is 389 g/mol. The average Bonchev–Trinajstić information content (AvgIpc) is 3.00. The normalized spacial score (nSPS) is 20.7. The summed E-state index contributed by atoms with van der Waals surface area (Å²) in [6.45, 7) is 0. The van der Waals surface area contributed by atoms with E-state index < -0.39 is 0 Å². The van der Waals surface area contributed by atoms with Gasteiger partial charge in [0.25, 0.3) is 0 Å². The topological polar surface area (TPSA) is 49.4 Å². The van der Waals surface area contributed by atoms with Gasteiger partial charge in [-0.25, -0.2) is 0 Å². The molecule has 0 bridgehead atoms. The first-order chi connectivity index (χ1) is 9.33. The molecule has 0 amide bonds. The van der Waals surface area contributed by atoms with Gasteiger partial charge < -0.3 is 0 Å². The fourth-order valence-electron chi connectivity index (χ4n) is 1.25. The van der Waals surface area contributed by atoms with E-state index in [1.165, 1.54) is 0 Å². The molecule has 0 spiro atoms. The molecule has 0 unspecified atom stereocenters. The fraction of sp³-hybridized carbons (Fsp3) is 0. The molecule has 1 aliphatic heterocycles. The summed E-state index contributed by atoms with van der Waals surface area (Å²) in [5.41, 5.74) is 0. The molecular formula is C10H5BrN4S4. The quantitative estimate of drug-likeness (QED) is 0.681. The predicted octanol–water partition coefficient (Wildman–Crippen LogP) is 4.79. The predicted molar refractivity (Wildman–Crippen MR) is 89.2 cm³/mol. The van der Waals surface area contributed by atoms with E-state index in [0.29, 0.717) is 11.7 Å².